The van der Waals surface area contributed by atoms with Crippen molar-refractivity contribution in [2.75, 3.05) is 23.4 Å². The van der Waals surface area contributed by atoms with Crippen LogP contribution in [-0.4, -0.2) is 25.2 Å². The van der Waals surface area contributed by atoms with Crippen LogP contribution in [0.15, 0.2) is 48.5 Å². The van der Waals surface area contributed by atoms with E-state index in [4.69, 9.17) is 4.74 Å². The number of anilines is 2. The van der Waals surface area contributed by atoms with Gasteiger partial charge in [0.05, 0.1) is 6.54 Å². The van der Waals surface area contributed by atoms with Gasteiger partial charge >= 0.3 is 6.09 Å². The molecule has 24 heavy (non-hydrogen) atoms. The van der Waals surface area contributed by atoms with Crippen molar-refractivity contribution in [2.24, 2.45) is 0 Å². The van der Waals surface area contributed by atoms with E-state index >= 15 is 0 Å². The normalized spacial score (nSPS) is 14.0. The average molecular weight is 324 g/mol. The zero-order valence-corrected chi connectivity index (χ0v) is 13.8. The van der Waals surface area contributed by atoms with Crippen LogP contribution in [0.4, 0.5) is 16.2 Å². The molecule has 1 aliphatic heterocycles. The van der Waals surface area contributed by atoms with Crippen LogP contribution in [0.2, 0.25) is 0 Å². The number of nitrogens with zero attached hydrogens (tertiary/aromatic N) is 1. The highest BCUT2D eigenvalue weighted by atomic mass is 16.6. The van der Waals surface area contributed by atoms with Gasteiger partial charge in [-0.3, -0.25) is 9.69 Å². The molecule has 1 N–H and O–H groups in total. The summed E-state index contributed by atoms with van der Waals surface area (Å²) in [7, 11) is 0. The maximum Gasteiger partial charge on any atom is 0.414 e. The fourth-order valence-corrected chi connectivity index (χ4v) is 2.58. The van der Waals surface area contributed by atoms with Crippen molar-refractivity contribution >= 4 is 23.4 Å². The summed E-state index contributed by atoms with van der Waals surface area (Å²) in [6.07, 6.45) is -0.336. The highest BCUT2D eigenvalue weighted by Crippen LogP contribution is 2.21. The maximum atomic E-state index is 12.3. The minimum atomic E-state index is -0.336. The summed E-state index contributed by atoms with van der Waals surface area (Å²) in [6, 6.07) is 14.8. The van der Waals surface area contributed by atoms with E-state index in [9.17, 15) is 9.59 Å². The molecule has 0 spiro atoms. The monoisotopic (exact) mass is 324 g/mol. The van der Waals surface area contributed by atoms with E-state index in [2.05, 4.69) is 19.2 Å². The first kappa shape index (κ1) is 16.1. The topological polar surface area (TPSA) is 58.6 Å². The fourth-order valence-electron chi connectivity index (χ4n) is 2.58. The summed E-state index contributed by atoms with van der Waals surface area (Å²) < 4.78 is 4.92. The van der Waals surface area contributed by atoms with E-state index in [1.54, 1.807) is 29.2 Å². The van der Waals surface area contributed by atoms with Gasteiger partial charge in [-0.15, -0.1) is 0 Å². The molecule has 2 aromatic rings. The van der Waals surface area contributed by atoms with Crippen LogP contribution in [0.3, 0.4) is 0 Å². The van der Waals surface area contributed by atoms with Gasteiger partial charge in [0.1, 0.15) is 6.61 Å². The molecule has 0 aliphatic carbocycles. The lowest BCUT2D eigenvalue weighted by atomic mass is 10.0. The predicted molar refractivity (Wildman–Crippen MR) is 93.6 cm³/mol. The van der Waals surface area contributed by atoms with Gasteiger partial charge in [0, 0.05) is 16.9 Å². The van der Waals surface area contributed by atoms with Crippen LogP contribution >= 0.6 is 0 Å². The van der Waals surface area contributed by atoms with Crippen LogP contribution in [-0.2, 0) is 4.74 Å². The molecule has 2 aromatic carbocycles. The van der Waals surface area contributed by atoms with Crippen LogP contribution in [0.25, 0.3) is 0 Å². The molecule has 3 rings (SSSR count). The first-order valence-electron chi connectivity index (χ1n) is 8.00. The zero-order valence-electron chi connectivity index (χ0n) is 13.8. The van der Waals surface area contributed by atoms with Crippen LogP contribution in [0.5, 0.6) is 0 Å². The van der Waals surface area contributed by atoms with E-state index in [1.807, 2.05) is 24.3 Å². The number of rotatable bonds is 4. The standard InChI is InChI=1S/C19H20N2O3/c1-13(2)14-3-5-15(6-4-14)18(22)20-16-7-9-17(10-8-16)21-11-12-24-19(21)23/h3-10,13H,11-12H2,1-2H3,(H,20,22). The molecule has 0 unspecified atom stereocenters. The Morgan fingerprint density at radius 3 is 2.29 bits per heavy atom. The van der Waals surface area contributed by atoms with E-state index in [-0.39, 0.29) is 12.0 Å². The van der Waals surface area contributed by atoms with Gasteiger partial charge in [-0.25, -0.2) is 4.79 Å². The van der Waals surface area contributed by atoms with Crippen LogP contribution in [0.1, 0.15) is 35.7 Å². The van der Waals surface area contributed by atoms with Gasteiger partial charge in [0.2, 0.25) is 0 Å². The number of cyclic esters (lactones) is 1. The summed E-state index contributed by atoms with van der Waals surface area (Å²) in [4.78, 5) is 25.4. The van der Waals surface area contributed by atoms with Crippen molar-refractivity contribution in [2.45, 2.75) is 19.8 Å². The fraction of sp³-hybridized carbons (Fsp3) is 0.263. The van der Waals surface area contributed by atoms with Gasteiger partial charge in [0.25, 0.3) is 5.91 Å². The number of hydrogen-bond acceptors (Lipinski definition) is 3. The molecule has 0 radical (unpaired) electrons. The lowest BCUT2D eigenvalue weighted by molar-refractivity contribution is 0.102. The molecule has 5 nitrogen and oxygen atoms in total. The lowest BCUT2D eigenvalue weighted by Gasteiger charge is -2.13. The Morgan fingerprint density at radius 2 is 1.75 bits per heavy atom. The molecule has 0 atom stereocenters. The number of nitrogens with one attached hydrogen (secondary N) is 1. The number of ether oxygens (including phenoxy) is 1. The SMILES string of the molecule is CC(C)c1ccc(C(=O)Nc2ccc(N3CCOC3=O)cc2)cc1. The second-order valence-corrected chi connectivity index (χ2v) is 6.04. The summed E-state index contributed by atoms with van der Waals surface area (Å²) in [6.45, 7) is 5.19. The van der Waals surface area contributed by atoms with Gasteiger partial charge in [-0.2, -0.15) is 0 Å². The van der Waals surface area contributed by atoms with Crippen molar-refractivity contribution in [3.05, 3.63) is 59.7 Å². The number of amides is 2. The van der Waals surface area contributed by atoms with Gasteiger partial charge in [-0.05, 0) is 47.9 Å². The third kappa shape index (κ3) is 3.40. The molecule has 1 saturated heterocycles. The van der Waals surface area contributed by atoms with Crippen LogP contribution in [0, 0.1) is 0 Å². The molecular formula is C19H20N2O3. The quantitative estimate of drug-likeness (QED) is 0.924. The summed E-state index contributed by atoms with van der Waals surface area (Å²) in [5.74, 6) is 0.283. The van der Waals surface area contributed by atoms with Crippen molar-refractivity contribution in [1.29, 1.82) is 0 Å². The van der Waals surface area contributed by atoms with Crippen molar-refractivity contribution in [3.63, 3.8) is 0 Å². The highest BCUT2D eigenvalue weighted by molar-refractivity contribution is 6.04. The lowest BCUT2D eigenvalue weighted by Crippen LogP contribution is -2.23. The zero-order chi connectivity index (χ0) is 17.1. The van der Waals surface area contributed by atoms with E-state index < -0.39 is 0 Å². The number of benzene rings is 2. The van der Waals surface area contributed by atoms with Gasteiger partial charge in [-0.1, -0.05) is 26.0 Å². The average Bonchev–Trinajstić information content (AvgIpc) is 3.01. The third-order valence-corrected chi connectivity index (χ3v) is 4.04. The van der Waals surface area contributed by atoms with Crippen molar-refractivity contribution in [3.8, 4) is 0 Å². The Morgan fingerprint density at radius 1 is 1.08 bits per heavy atom. The molecule has 1 heterocycles. The Bertz CT molecular complexity index is 736. The molecule has 2 amide bonds. The molecule has 1 fully saturated rings. The summed E-state index contributed by atoms with van der Waals surface area (Å²) in [5, 5.41) is 2.86. The Kier molecular flexibility index (Phi) is 4.51. The molecule has 1 aliphatic rings. The van der Waals surface area contributed by atoms with Crippen LogP contribution < -0.4 is 10.2 Å². The summed E-state index contributed by atoms with van der Waals surface area (Å²) in [5.41, 5.74) is 3.26. The highest BCUT2D eigenvalue weighted by Gasteiger charge is 2.23. The molecular weight excluding hydrogens is 304 g/mol. The molecule has 0 bridgehead atoms. The number of carbonyl (C=O) groups is 2. The maximum absolute atomic E-state index is 12.3. The van der Waals surface area contributed by atoms with E-state index in [0.717, 1.165) is 5.69 Å². The Balaban J connectivity index is 1.67. The molecule has 0 aromatic heterocycles. The van der Waals surface area contributed by atoms with Crippen molar-refractivity contribution in [1.82, 2.24) is 0 Å². The second kappa shape index (κ2) is 6.74. The Labute approximate surface area is 141 Å². The Hall–Kier alpha value is -2.82. The van der Waals surface area contributed by atoms with E-state index in [1.165, 1.54) is 5.56 Å². The minimum absolute atomic E-state index is 0.154. The second-order valence-electron chi connectivity index (χ2n) is 6.04. The van der Waals surface area contributed by atoms with Gasteiger partial charge < -0.3 is 10.1 Å². The molecule has 124 valence electrons. The molecule has 0 saturated carbocycles. The minimum Gasteiger partial charge on any atom is -0.447 e. The number of carbonyl (C=O) groups excluding carboxylic acids is 2. The smallest absolute Gasteiger partial charge is 0.414 e. The molecule has 5 heteroatoms. The largest absolute Gasteiger partial charge is 0.447 e. The van der Waals surface area contributed by atoms with Crippen molar-refractivity contribution < 1.29 is 14.3 Å². The number of hydrogen-bond donors (Lipinski definition) is 1. The third-order valence-electron chi connectivity index (χ3n) is 4.04. The first-order valence-corrected chi connectivity index (χ1v) is 8.00. The van der Waals surface area contributed by atoms with Gasteiger partial charge in [0.15, 0.2) is 0 Å². The first-order chi connectivity index (χ1) is 11.5. The summed E-state index contributed by atoms with van der Waals surface area (Å²) >= 11 is 0. The predicted octanol–water partition coefficient (Wildman–Crippen LogP) is 4.02. The van der Waals surface area contributed by atoms with E-state index in [0.29, 0.717) is 30.3 Å².